The van der Waals surface area contributed by atoms with Crippen LogP contribution >= 0.6 is 11.6 Å². The summed E-state index contributed by atoms with van der Waals surface area (Å²) in [5, 5.41) is 13.8. The van der Waals surface area contributed by atoms with E-state index >= 15 is 0 Å². The highest BCUT2D eigenvalue weighted by atomic mass is 35.5. The maximum atomic E-state index is 12.4. The van der Waals surface area contributed by atoms with Crippen molar-refractivity contribution in [1.29, 1.82) is 0 Å². The average Bonchev–Trinajstić information content (AvgIpc) is 2.47. The first kappa shape index (κ1) is 17.0. The third-order valence-corrected chi connectivity index (χ3v) is 3.67. The van der Waals surface area contributed by atoms with Gasteiger partial charge in [-0.05, 0) is 38.0 Å². The van der Waals surface area contributed by atoms with Crippen molar-refractivity contribution in [2.75, 3.05) is 0 Å². The number of carbonyl (C=O) groups excluding carboxylic acids is 1. The minimum atomic E-state index is -0.603. The molecule has 0 saturated heterocycles. The van der Waals surface area contributed by atoms with Crippen LogP contribution in [-0.4, -0.2) is 16.4 Å². The van der Waals surface area contributed by atoms with Crippen LogP contribution in [-0.2, 0) is 6.42 Å². The van der Waals surface area contributed by atoms with Gasteiger partial charge in [0.2, 0.25) is 0 Å². The quantitative estimate of drug-likeness (QED) is 0.664. The van der Waals surface area contributed by atoms with Crippen LogP contribution in [0.4, 0.5) is 5.69 Å². The normalized spacial score (nSPS) is 11.1. The molecule has 0 spiro atoms. The molecular formula is C17H17ClN2O3. The van der Waals surface area contributed by atoms with E-state index in [4.69, 9.17) is 11.6 Å². The fourth-order valence-electron chi connectivity index (χ4n) is 2.32. The third-order valence-electron chi connectivity index (χ3n) is 3.35. The molecule has 120 valence electrons. The van der Waals surface area contributed by atoms with Crippen molar-refractivity contribution in [3.63, 3.8) is 0 Å². The van der Waals surface area contributed by atoms with E-state index < -0.39 is 10.5 Å². The fraction of sp³-hybridized carbons (Fsp3) is 0.235. The van der Waals surface area contributed by atoms with Gasteiger partial charge in [-0.1, -0.05) is 41.9 Å². The van der Waals surface area contributed by atoms with Gasteiger partial charge >= 0.3 is 0 Å². The molecule has 2 rings (SSSR count). The van der Waals surface area contributed by atoms with Gasteiger partial charge in [0.15, 0.2) is 0 Å². The summed E-state index contributed by atoms with van der Waals surface area (Å²) < 4.78 is 0. The highest BCUT2D eigenvalue weighted by Gasteiger charge is 2.23. The number of nitrogens with one attached hydrogen (secondary N) is 1. The Labute approximate surface area is 139 Å². The number of nitro benzene ring substituents is 1. The van der Waals surface area contributed by atoms with Gasteiger partial charge < -0.3 is 5.32 Å². The summed E-state index contributed by atoms with van der Waals surface area (Å²) in [6.45, 7) is 3.81. The molecule has 0 aliphatic rings. The molecule has 0 fully saturated rings. The molecule has 2 aromatic rings. The van der Waals surface area contributed by atoms with Gasteiger partial charge in [0, 0.05) is 17.2 Å². The lowest BCUT2D eigenvalue weighted by atomic mass is 9.94. The number of nitro groups is 1. The van der Waals surface area contributed by atoms with Crippen LogP contribution in [0.5, 0.6) is 0 Å². The predicted octanol–water partition coefficient (Wildman–Crippen LogP) is 4.00. The van der Waals surface area contributed by atoms with Crippen LogP contribution in [0, 0.1) is 10.1 Å². The van der Waals surface area contributed by atoms with Gasteiger partial charge in [0.1, 0.15) is 5.02 Å². The molecule has 6 heteroatoms. The molecule has 0 bridgehead atoms. The zero-order chi connectivity index (χ0) is 17.0. The van der Waals surface area contributed by atoms with Crippen LogP contribution < -0.4 is 5.32 Å². The van der Waals surface area contributed by atoms with Gasteiger partial charge in [-0.3, -0.25) is 14.9 Å². The molecule has 0 heterocycles. The number of amides is 1. The van der Waals surface area contributed by atoms with E-state index in [9.17, 15) is 14.9 Å². The van der Waals surface area contributed by atoms with Crippen LogP contribution in [0.15, 0.2) is 48.5 Å². The van der Waals surface area contributed by atoms with Gasteiger partial charge in [-0.15, -0.1) is 0 Å². The molecule has 0 atom stereocenters. The number of benzene rings is 2. The lowest BCUT2D eigenvalue weighted by Crippen LogP contribution is -2.45. The molecule has 1 N–H and O–H groups in total. The predicted molar refractivity (Wildman–Crippen MR) is 89.8 cm³/mol. The second kappa shape index (κ2) is 6.79. The molecule has 0 aliphatic heterocycles. The Balaban J connectivity index is 2.14. The number of hydrogen-bond acceptors (Lipinski definition) is 3. The Morgan fingerprint density at radius 1 is 1.22 bits per heavy atom. The minimum absolute atomic E-state index is 0.00935. The van der Waals surface area contributed by atoms with Crippen molar-refractivity contribution in [1.82, 2.24) is 5.32 Å². The van der Waals surface area contributed by atoms with Crippen LogP contribution in [0.3, 0.4) is 0 Å². The van der Waals surface area contributed by atoms with Crippen molar-refractivity contribution in [3.8, 4) is 0 Å². The van der Waals surface area contributed by atoms with Gasteiger partial charge in [-0.2, -0.15) is 0 Å². The SMILES string of the molecule is CC(C)(Cc1ccccc1)NC(=O)c1ccc(Cl)c([N+](=O)[O-])c1. The van der Waals surface area contributed by atoms with Crippen molar-refractivity contribution >= 4 is 23.2 Å². The highest BCUT2D eigenvalue weighted by Crippen LogP contribution is 2.25. The Morgan fingerprint density at radius 3 is 2.48 bits per heavy atom. The summed E-state index contributed by atoms with van der Waals surface area (Å²) >= 11 is 5.76. The molecule has 0 aromatic heterocycles. The smallest absolute Gasteiger partial charge is 0.288 e. The van der Waals surface area contributed by atoms with Gasteiger partial charge in [0.05, 0.1) is 4.92 Å². The number of nitrogens with zero attached hydrogens (tertiary/aromatic N) is 1. The van der Waals surface area contributed by atoms with Crippen molar-refractivity contribution in [2.24, 2.45) is 0 Å². The number of carbonyl (C=O) groups is 1. The largest absolute Gasteiger partial charge is 0.347 e. The summed E-state index contributed by atoms with van der Waals surface area (Å²) in [4.78, 5) is 22.7. The monoisotopic (exact) mass is 332 g/mol. The molecule has 5 nitrogen and oxygen atoms in total. The molecular weight excluding hydrogens is 316 g/mol. The zero-order valence-electron chi connectivity index (χ0n) is 12.9. The Hall–Kier alpha value is -2.40. The second-order valence-electron chi connectivity index (χ2n) is 5.92. The van der Waals surface area contributed by atoms with E-state index in [0.29, 0.717) is 6.42 Å². The summed E-state index contributed by atoms with van der Waals surface area (Å²) in [6.07, 6.45) is 0.648. The van der Waals surface area contributed by atoms with Gasteiger partial charge in [-0.25, -0.2) is 0 Å². The van der Waals surface area contributed by atoms with Crippen molar-refractivity contribution in [3.05, 3.63) is 74.8 Å². The summed E-state index contributed by atoms with van der Waals surface area (Å²) in [6, 6.07) is 13.8. The van der Waals surface area contributed by atoms with E-state index in [-0.39, 0.29) is 22.2 Å². The topological polar surface area (TPSA) is 72.2 Å². The third kappa shape index (κ3) is 4.53. The zero-order valence-corrected chi connectivity index (χ0v) is 13.6. The Morgan fingerprint density at radius 2 is 1.87 bits per heavy atom. The molecule has 0 aliphatic carbocycles. The van der Waals surface area contributed by atoms with E-state index in [0.717, 1.165) is 5.56 Å². The lowest BCUT2D eigenvalue weighted by Gasteiger charge is -2.26. The molecule has 0 saturated carbocycles. The van der Waals surface area contributed by atoms with E-state index in [1.807, 2.05) is 44.2 Å². The van der Waals surface area contributed by atoms with Crippen LogP contribution in [0.2, 0.25) is 5.02 Å². The van der Waals surface area contributed by atoms with E-state index in [1.165, 1.54) is 18.2 Å². The average molecular weight is 333 g/mol. The summed E-state index contributed by atoms with van der Waals surface area (Å²) in [7, 11) is 0. The van der Waals surface area contributed by atoms with Crippen LogP contribution in [0.25, 0.3) is 0 Å². The second-order valence-corrected chi connectivity index (χ2v) is 6.33. The van der Waals surface area contributed by atoms with Crippen molar-refractivity contribution < 1.29 is 9.72 Å². The molecule has 0 unspecified atom stereocenters. The fourth-order valence-corrected chi connectivity index (χ4v) is 2.51. The van der Waals surface area contributed by atoms with E-state index in [2.05, 4.69) is 5.32 Å². The van der Waals surface area contributed by atoms with E-state index in [1.54, 1.807) is 0 Å². The number of halogens is 1. The maximum absolute atomic E-state index is 12.4. The first-order chi connectivity index (χ1) is 10.8. The lowest BCUT2D eigenvalue weighted by molar-refractivity contribution is -0.384. The summed E-state index contributed by atoms with van der Waals surface area (Å²) in [5.74, 6) is -0.370. The standard InChI is InChI=1S/C17H17ClN2O3/c1-17(2,11-12-6-4-3-5-7-12)19-16(21)13-8-9-14(18)15(10-13)20(22)23/h3-10H,11H2,1-2H3,(H,19,21). The molecule has 1 amide bonds. The highest BCUT2D eigenvalue weighted by molar-refractivity contribution is 6.32. The molecule has 2 aromatic carbocycles. The number of rotatable bonds is 5. The Kier molecular flexibility index (Phi) is 5.01. The Bertz CT molecular complexity index is 730. The summed E-state index contributed by atoms with van der Waals surface area (Å²) in [5.41, 5.74) is 0.537. The minimum Gasteiger partial charge on any atom is -0.347 e. The number of hydrogen-bond donors (Lipinski definition) is 1. The maximum Gasteiger partial charge on any atom is 0.288 e. The molecule has 0 radical (unpaired) electrons. The van der Waals surface area contributed by atoms with Gasteiger partial charge in [0.25, 0.3) is 11.6 Å². The first-order valence-electron chi connectivity index (χ1n) is 7.09. The van der Waals surface area contributed by atoms with Crippen molar-refractivity contribution in [2.45, 2.75) is 25.8 Å². The molecule has 23 heavy (non-hydrogen) atoms. The van der Waals surface area contributed by atoms with Crippen LogP contribution in [0.1, 0.15) is 29.8 Å². The first-order valence-corrected chi connectivity index (χ1v) is 7.47.